The summed E-state index contributed by atoms with van der Waals surface area (Å²) in [4.78, 5) is 42.2. The van der Waals surface area contributed by atoms with Gasteiger partial charge >= 0.3 is 0 Å². The summed E-state index contributed by atoms with van der Waals surface area (Å²) in [6, 6.07) is 14.9. The quantitative estimate of drug-likeness (QED) is 0.378. The van der Waals surface area contributed by atoms with Gasteiger partial charge < -0.3 is 15.0 Å². The average molecular weight is 606 g/mol. The van der Waals surface area contributed by atoms with E-state index in [0.717, 1.165) is 47.5 Å². The first-order valence-corrected chi connectivity index (χ1v) is 14.8. The van der Waals surface area contributed by atoms with E-state index in [2.05, 4.69) is 60.8 Å². The SMILES string of the molecule is CCN1C2=C(C(=O)CC(C)(C)C2)C(c2ccc(OCC(=O)Nc3ccccc3)c(Br)c2)C2=C1CC(C)(C)CC2=O. The molecule has 5 rings (SSSR count). The number of hydrogen-bond donors (Lipinski definition) is 1. The largest absolute Gasteiger partial charge is 0.483 e. The molecule has 40 heavy (non-hydrogen) atoms. The topological polar surface area (TPSA) is 75.7 Å². The van der Waals surface area contributed by atoms with E-state index in [0.29, 0.717) is 28.8 Å². The maximum absolute atomic E-state index is 13.8. The van der Waals surface area contributed by atoms with Crippen LogP contribution in [0, 0.1) is 10.8 Å². The van der Waals surface area contributed by atoms with Gasteiger partial charge in [0.25, 0.3) is 5.91 Å². The molecule has 7 heteroatoms. The van der Waals surface area contributed by atoms with Crippen LogP contribution in [0.2, 0.25) is 0 Å². The van der Waals surface area contributed by atoms with E-state index in [9.17, 15) is 14.4 Å². The average Bonchev–Trinajstić information content (AvgIpc) is 2.86. The standard InChI is InChI=1S/C33H37BrN2O4/c1-6-36-23-15-32(2,3)17-25(37)30(23)29(31-24(36)16-33(4,5)18-26(31)38)20-12-13-27(22(34)14-20)40-19-28(39)35-21-10-8-7-9-11-21/h7-14,29H,6,15-19H2,1-5H3,(H,35,39). The van der Waals surface area contributed by atoms with E-state index in [1.165, 1.54) is 0 Å². The predicted molar refractivity (Wildman–Crippen MR) is 160 cm³/mol. The van der Waals surface area contributed by atoms with Gasteiger partial charge in [-0.25, -0.2) is 0 Å². The fourth-order valence-electron chi connectivity index (χ4n) is 6.44. The summed E-state index contributed by atoms with van der Waals surface area (Å²) in [5.41, 5.74) is 4.95. The van der Waals surface area contributed by atoms with Gasteiger partial charge in [0.1, 0.15) is 5.75 Å². The molecule has 2 aromatic rings. The Morgan fingerprint density at radius 2 is 1.50 bits per heavy atom. The van der Waals surface area contributed by atoms with Gasteiger partial charge in [-0.2, -0.15) is 0 Å². The van der Waals surface area contributed by atoms with E-state index in [1.54, 1.807) is 0 Å². The fourth-order valence-corrected chi connectivity index (χ4v) is 6.95. The minimum Gasteiger partial charge on any atom is -0.483 e. The van der Waals surface area contributed by atoms with Gasteiger partial charge in [0, 0.05) is 53.5 Å². The molecule has 2 aliphatic carbocycles. The van der Waals surface area contributed by atoms with Crippen LogP contribution in [0.4, 0.5) is 5.69 Å². The van der Waals surface area contributed by atoms with Crippen LogP contribution < -0.4 is 10.1 Å². The lowest BCUT2D eigenvalue weighted by Gasteiger charge is -2.48. The Morgan fingerprint density at radius 3 is 2.02 bits per heavy atom. The van der Waals surface area contributed by atoms with Crippen LogP contribution in [0.25, 0.3) is 0 Å². The minimum absolute atomic E-state index is 0.118. The lowest BCUT2D eigenvalue weighted by atomic mass is 9.63. The van der Waals surface area contributed by atoms with Crippen molar-refractivity contribution in [3.63, 3.8) is 0 Å². The summed E-state index contributed by atoms with van der Waals surface area (Å²) in [6.45, 7) is 11.3. The number of nitrogens with one attached hydrogen (secondary N) is 1. The molecule has 2 aromatic carbocycles. The summed E-state index contributed by atoms with van der Waals surface area (Å²) >= 11 is 3.63. The van der Waals surface area contributed by atoms with Crippen molar-refractivity contribution in [3.05, 3.63) is 81.1 Å². The van der Waals surface area contributed by atoms with E-state index < -0.39 is 5.92 Å². The number of Topliss-reactive ketones (excluding diaryl/α,β-unsaturated/α-hetero) is 2. The lowest BCUT2D eigenvalue weighted by molar-refractivity contribution is -0.120. The second-order valence-electron chi connectivity index (χ2n) is 12.7. The molecule has 0 unspecified atom stereocenters. The molecule has 1 N–H and O–H groups in total. The molecule has 0 spiro atoms. The highest BCUT2D eigenvalue weighted by molar-refractivity contribution is 9.10. The highest BCUT2D eigenvalue weighted by Crippen LogP contribution is 2.54. The molecule has 1 aliphatic heterocycles. The third-order valence-corrected chi connectivity index (χ3v) is 8.66. The van der Waals surface area contributed by atoms with Crippen molar-refractivity contribution in [2.45, 2.75) is 66.2 Å². The third kappa shape index (κ3) is 5.53. The number of carbonyl (C=O) groups excluding carboxylic acids is 3. The maximum Gasteiger partial charge on any atom is 0.262 e. The second kappa shape index (κ2) is 10.7. The Morgan fingerprint density at radius 1 is 0.925 bits per heavy atom. The third-order valence-electron chi connectivity index (χ3n) is 8.04. The molecule has 0 aromatic heterocycles. The Bertz CT molecular complexity index is 1380. The minimum atomic E-state index is -0.410. The van der Waals surface area contributed by atoms with Gasteiger partial charge in [-0.05, 0) is 76.4 Å². The van der Waals surface area contributed by atoms with Crippen LogP contribution >= 0.6 is 15.9 Å². The van der Waals surface area contributed by atoms with Crippen LogP contribution in [-0.2, 0) is 14.4 Å². The van der Waals surface area contributed by atoms with Gasteiger partial charge in [0.15, 0.2) is 18.2 Å². The summed E-state index contributed by atoms with van der Waals surface area (Å²) < 4.78 is 6.51. The van der Waals surface area contributed by atoms with Gasteiger partial charge in [0.2, 0.25) is 0 Å². The number of nitrogens with zero attached hydrogens (tertiary/aromatic N) is 1. The van der Waals surface area contributed by atoms with Gasteiger partial charge in [-0.1, -0.05) is 52.0 Å². The van der Waals surface area contributed by atoms with Crippen LogP contribution in [0.1, 0.15) is 71.8 Å². The molecule has 0 radical (unpaired) electrons. The van der Waals surface area contributed by atoms with Crippen molar-refractivity contribution < 1.29 is 19.1 Å². The predicted octanol–water partition coefficient (Wildman–Crippen LogP) is 7.17. The first kappa shape index (κ1) is 28.3. The molecular formula is C33H37BrN2O4. The summed E-state index contributed by atoms with van der Waals surface area (Å²) in [5.74, 6) is 0.0886. The summed E-state index contributed by atoms with van der Waals surface area (Å²) in [7, 11) is 0. The molecule has 1 amide bonds. The van der Waals surface area contributed by atoms with Crippen molar-refractivity contribution in [2.24, 2.45) is 10.8 Å². The van der Waals surface area contributed by atoms with Gasteiger partial charge in [-0.15, -0.1) is 0 Å². The summed E-state index contributed by atoms with van der Waals surface area (Å²) in [6.07, 6.45) is 2.51. The molecule has 0 saturated carbocycles. The number of halogens is 1. The van der Waals surface area contributed by atoms with Gasteiger partial charge in [0.05, 0.1) is 4.47 Å². The Labute approximate surface area is 245 Å². The number of allylic oxidation sites excluding steroid dienone is 4. The van der Waals surface area contributed by atoms with Crippen LogP contribution in [0.15, 0.2) is 75.5 Å². The number of carbonyl (C=O) groups is 3. The van der Waals surface area contributed by atoms with Crippen molar-refractivity contribution in [2.75, 3.05) is 18.5 Å². The number of ketones is 2. The molecular weight excluding hydrogens is 568 g/mol. The van der Waals surface area contributed by atoms with Crippen LogP contribution in [-0.4, -0.2) is 35.5 Å². The number of amides is 1. The van der Waals surface area contributed by atoms with E-state index in [4.69, 9.17) is 4.74 Å². The molecule has 0 atom stereocenters. The number of benzene rings is 2. The molecule has 210 valence electrons. The Hall–Kier alpha value is -3.19. The molecule has 0 saturated heterocycles. The fraction of sp³-hybridized carbons (Fsp3) is 0.424. The van der Waals surface area contributed by atoms with Crippen molar-refractivity contribution in [3.8, 4) is 5.75 Å². The monoisotopic (exact) mass is 604 g/mol. The number of para-hydroxylation sites is 1. The zero-order chi connectivity index (χ0) is 28.8. The van der Waals surface area contributed by atoms with Crippen molar-refractivity contribution in [1.82, 2.24) is 4.90 Å². The van der Waals surface area contributed by atoms with Gasteiger partial charge in [-0.3, -0.25) is 14.4 Å². The Balaban J connectivity index is 1.50. The van der Waals surface area contributed by atoms with Crippen molar-refractivity contribution in [1.29, 1.82) is 0 Å². The highest BCUT2D eigenvalue weighted by atomic mass is 79.9. The zero-order valence-electron chi connectivity index (χ0n) is 23.9. The number of anilines is 1. The normalized spacial score (nSPS) is 20.3. The molecule has 3 aliphatic rings. The van der Waals surface area contributed by atoms with E-state index >= 15 is 0 Å². The number of rotatable bonds is 6. The lowest BCUT2D eigenvalue weighted by Crippen LogP contribution is -2.44. The second-order valence-corrected chi connectivity index (χ2v) is 13.5. The zero-order valence-corrected chi connectivity index (χ0v) is 25.5. The van der Waals surface area contributed by atoms with Crippen LogP contribution in [0.3, 0.4) is 0 Å². The molecule has 6 nitrogen and oxygen atoms in total. The first-order valence-electron chi connectivity index (χ1n) is 14.0. The van der Waals surface area contributed by atoms with Crippen molar-refractivity contribution >= 4 is 39.1 Å². The van der Waals surface area contributed by atoms with E-state index in [-0.39, 0.29) is 34.9 Å². The maximum atomic E-state index is 13.8. The smallest absolute Gasteiger partial charge is 0.262 e. The van der Waals surface area contributed by atoms with Crippen LogP contribution in [0.5, 0.6) is 5.75 Å². The number of hydrogen-bond acceptors (Lipinski definition) is 5. The Kier molecular flexibility index (Phi) is 7.55. The molecule has 0 bridgehead atoms. The summed E-state index contributed by atoms with van der Waals surface area (Å²) in [5, 5.41) is 2.82. The highest BCUT2D eigenvalue weighted by Gasteiger charge is 2.48. The van der Waals surface area contributed by atoms with E-state index in [1.807, 2.05) is 48.5 Å². The first-order chi connectivity index (χ1) is 18.9. The molecule has 0 fully saturated rings. The molecule has 1 heterocycles. The number of ether oxygens (including phenoxy) is 1.